The van der Waals surface area contributed by atoms with Gasteiger partial charge in [-0.1, -0.05) is 6.92 Å². The van der Waals surface area contributed by atoms with Gasteiger partial charge in [0.05, 0.1) is 29.8 Å². The van der Waals surface area contributed by atoms with Crippen LogP contribution in [0.1, 0.15) is 32.6 Å². The molecule has 3 amide bonds. The number of likely N-dealkylation sites (tertiary alicyclic amines) is 1. The van der Waals surface area contributed by atoms with E-state index in [9.17, 15) is 19.5 Å². The molecule has 0 aromatic rings. The van der Waals surface area contributed by atoms with E-state index in [0.717, 1.165) is 38.9 Å². The molecule has 32 heavy (non-hydrogen) atoms. The van der Waals surface area contributed by atoms with Crippen molar-refractivity contribution in [2.75, 3.05) is 59.1 Å². The number of ether oxygens (including phenoxy) is 1. The van der Waals surface area contributed by atoms with Gasteiger partial charge in [0.1, 0.15) is 6.04 Å². The second-order valence-electron chi connectivity index (χ2n) is 9.20. The predicted molar refractivity (Wildman–Crippen MR) is 121 cm³/mol. The maximum absolute atomic E-state index is 13.6. The van der Waals surface area contributed by atoms with Crippen molar-refractivity contribution in [3.8, 4) is 0 Å². The SMILES string of the molecule is CCCNC(=O)[C@@H]1[C@H]2C(=O)N(CCCO)C(C(=O)NCCN3CCOCC3)C23CC[C@H]1S3. The Morgan fingerprint density at radius 1 is 1.19 bits per heavy atom. The molecule has 9 nitrogen and oxygen atoms in total. The normalized spacial score (nSPS) is 34.1. The van der Waals surface area contributed by atoms with E-state index < -0.39 is 16.7 Å². The van der Waals surface area contributed by atoms with E-state index >= 15 is 0 Å². The fourth-order valence-electron chi connectivity index (χ4n) is 5.86. The summed E-state index contributed by atoms with van der Waals surface area (Å²) in [5.74, 6) is -1.12. The van der Waals surface area contributed by atoms with Crippen molar-refractivity contribution in [2.24, 2.45) is 11.8 Å². The van der Waals surface area contributed by atoms with Gasteiger partial charge in [-0.15, -0.1) is 11.8 Å². The summed E-state index contributed by atoms with van der Waals surface area (Å²) in [5, 5.41) is 15.5. The number of rotatable bonds is 10. The van der Waals surface area contributed by atoms with E-state index in [1.807, 2.05) is 6.92 Å². The van der Waals surface area contributed by atoms with Gasteiger partial charge in [0.25, 0.3) is 0 Å². The second kappa shape index (κ2) is 10.3. The van der Waals surface area contributed by atoms with Crippen molar-refractivity contribution >= 4 is 29.5 Å². The zero-order chi connectivity index (χ0) is 22.7. The number of carbonyl (C=O) groups excluding carboxylic acids is 3. The summed E-state index contributed by atoms with van der Waals surface area (Å²) < 4.78 is 4.83. The number of nitrogens with one attached hydrogen (secondary N) is 2. The van der Waals surface area contributed by atoms with Crippen LogP contribution in [-0.2, 0) is 19.1 Å². The Kier molecular flexibility index (Phi) is 7.64. The molecule has 2 bridgehead atoms. The molecule has 4 saturated heterocycles. The lowest BCUT2D eigenvalue weighted by Gasteiger charge is -2.34. The van der Waals surface area contributed by atoms with Crippen molar-refractivity contribution in [3.63, 3.8) is 0 Å². The molecular weight excluding hydrogens is 432 g/mol. The Morgan fingerprint density at radius 2 is 1.94 bits per heavy atom. The minimum atomic E-state index is -0.588. The Balaban J connectivity index is 1.50. The second-order valence-corrected chi connectivity index (χ2v) is 10.8. The van der Waals surface area contributed by atoms with Crippen LogP contribution in [0.4, 0.5) is 0 Å². The molecule has 4 aliphatic heterocycles. The number of hydrogen-bond donors (Lipinski definition) is 3. The van der Waals surface area contributed by atoms with Gasteiger partial charge < -0.3 is 25.4 Å². The topological polar surface area (TPSA) is 111 Å². The summed E-state index contributed by atoms with van der Waals surface area (Å²) in [5.41, 5.74) is 0. The van der Waals surface area contributed by atoms with Crippen molar-refractivity contribution in [2.45, 2.75) is 48.6 Å². The van der Waals surface area contributed by atoms with E-state index in [1.165, 1.54) is 0 Å². The first-order valence-electron chi connectivity index (χ1n) is 12.0. The average Bonchev–Trinajstić information content (AvgIpc) is 3.44. The number of hydrogen-bond acceptors (Lipinski definition) is 7. The number of amides is 3. The molecule has 0 radical (unpaired) electrons. The fraction of sp³-hybridized carbons (Fsp3) is 0.864. The fourth-order valence-corrected chi connectivity index (χ4v) is 8.08. The minimum absolute atomic E-state index is 0.0387. The van der Waals surface area contributed by atoms with E-state index in [-0.39, 0.29) is 35.5 Å². The lowest BCUT2D eigenvalue weighted by atomic mass is 9.70. The molecule has 1 spiro atoms. The van der Waals surface area contributed by atoms with Crippen LogP contribution in [-0.4, -0.2) is 108 Å². The van der Waals surface area contributed by atoms with Gasteiger partial charge in [0, 0.05) is 51.1 Å². The van der Waals surface area contributed by atoms with Crippen molar-refractivity contribution in [1.29, 1.82) is 0 Å². The molecule has 10 heteroatoms. The van der Waals surface area contributed by atoms with Gasteiger partial charge >= 0.3 is 0 Å². The third-order valence-corrected chi connectivity index (χ3v) is 9.24. The number of aliphatic hydroxyl groups is 1. The van der Waals surface area contributed by atoms with Gasteiger partial charge in [-0.05, 0) is 25.7 Å². The van der Waals surface area contributed by atoms with Crippen LogP contribution in [0.2, 0.25) is 0 Å². The average molecular weight is 469 g/mol. The summed E-state index contributed by atoms with van der Waals surface area (Å²) in [6.07, 6.45) is 2.89. The summed E-state index contributed by atoms with van der Waals surface area (Å²) >= 11 is 1.68. The van der Waals surface area contributed by atoms with Crippen LogP contribution in [0.15, 0.2) is 0 Å². The highest BCUT2D eigenvalue weighted by Gasteiger charge is 2.73. The van der Waals surface area contributed by atoms with Crippen LogP contribution in [0.25, 0.3) is 0 Å². The van der Waals surface area contributed by atoms with Gasteiger partial charge in [-0.3, -0.25) is 19.3 Å². The minimum Gasteiger partial charge on any atom is -0.396 e. The van der Waals surface area contributed by atoms with E-state index in [2.05, 4.69) is 15.5 Å². The molecule has 0 aromatic carbocycles. The highest BCUT2D eigenvalue weighted by molar-refractivity contribution is 8.02. The van der Waals surface area contributed by atoms with Gasteiger partial charge in [0.2, 0.25) is 17.7 Å². The molecule has 180 valence electrons. The molecule has 2 unspecified atom stereocenters. The molecule has 4 fully saturated rings. The van der Waals surface area contributed by atoms with Gasteiger partial charge in [-0.2, -0.15) is 0 Å². The molecule has 3 N–H and O–H groups in total. The van der Waals surface area contributed by atoms with Crippen LogP contribution in [0, 0.1) is 11.8 Å². The largest absolute Gasteiger partial charge is 0.396 e. The van der Waals surface area contributed by atoms with Crippen LogP contribution in [0.3, 0.4) is 0 Å². The Bertz CT molecular complexity index is 718. The number of aliphatic hydroxyl groups excluding tert-OH is 1. The Morgan fingerprint density at radius 3 is 2.66 bits per heavy atom. The molecular formula is C22H36N4O5S. The standard InChI is InChI=1S/C22H36N4O5S/c1-2-6-23-19(28)16-15-4-5-22(32-15)17(16)21(30)26(8-3-12-27)18(22)20(29)24-7-9-25-10-13-31-14-11-25/h15-18,27H,2-14H2,1H3,(H,23,28)(H,24,29)/t15-,16+,17+,18?,22?/m1/s1. The Hall–Kier alpha value is -1.36. The van der Waals surface area contributed by atoms with Crippen molar-refractivity contribution in [1.82, 2.24) is 20.4 Å². The molecule has 4 rings (SSSR count). The summed E-state index contributed by atoms with van der Waals surface area (Å²) in [6, 6.07) is -0.588. The van der Waals surface area contributed by atoms with E-state index in [0.29, 0.717) is 39.3 Å². The van der Waals surface area contributed by atoms with Crippen LogP contribution in [0.5, 0.6) is 0 Å². The number of morpholine rings is 1. The number of carbonyl (C=O) groups is 3. The molecule has 4 aliphatic rings. The summed E-state index contributed by atoms with van der Waals surface area (Å²) in [6.45, 7) is 7.32. The zero-order valence-electron chi connectivity index (χ0n) is 18.9. The quantitative estimate of drug-likeness (QED) is 0.394. The zero-order valence-corrected chi connectivity index (χ0v) is 19.7. The predicted octanol–water partition coefficient (Wildman–Crippen LogP) is -0.565. The summed E-state index contributed by atoms with van der Waals surface area (Å²) in [4.78, 5) is 43.9. The maximum Gasteiger partial charge on any atom is 0.244 e. The first-order chi connectivity index (χ1) is 15.5. The molecule has 5 atom stereocenters. The highest BCUT2D eigenvalue weighted by atomic mass is 32.2. The van der Waals surface area contributed by atoms with Gasteiger partial charge in [-0.25, -0.2) is 0 Å². The molecule has 0 aromatic heterocycles. The van der Waals surface area contributed by atoms with Crippen molar-refractivity contribution in [3.05, 3.63) is 0 Å². The number of thioether (sulfide) groups is 1. The lowest BCUT2D eigenvalue weighted by Crippen LogP contribution is -2.54. The highest BCUT2D eigenvalue weighted by Crippen LogP contribution is 2.66. The maximum atomic E-state index is 13.6. The first kappa shape index (κ1) is 23.8. The summed E-state index contributed by atoms with van der Waals surface area (Å²) in [7, 11) is 0. The van der Waals surface area contributed by atoms with E-state index in [1.54, 1.807) is 16.7 Å². The van der Waals surface area contributed by atoms with Crippen LogP contribution < -0.4 is 10.6 Å². The lowest BCUT2D eigenvalue weighted by molar-refractivity contribution is -0.140. The number of fused-ring (bicyclic) bond motifs is 1. The molecule has 0 saturated carbocycles. The third-order valence-electron chi connectivity index (χ3n) is 7.29. The number of nitrogens with zero attached hydrogens (tertiary/aromatic N) is 2. The third kappa shape index (κ3) is 4.26. The Labute approximate surface area is 194 Å². The molecule has 4 heterocycles. The smallest absolute Gasteiger partial charge is 0.244 e. The van der Waals surface area contributed by atoms with Gasteiger partial charge in [0.15, 0.2) is 0 Å². The monoisotopic (exact) mass is 468 g/mol. The first-order valence-corrected chi connectivity index (χ1v) is 12.9. The van der Waals surface area contributed by atoms with E-state index in [4.69, 9.17) is 4.74 Å². The van der Waals surface area contributed by atoms with Crippen molar-refractivity contribution < 1.29 is 24.2 Å². The molecule has 0 aliphatic carbocycles. The van der Waals surface area contributed by atoms with Crippen LogP contribution >= 0.6 is 11.8 Å².